The van der Waals surface area contributed by atoms with Crippen molar-refractivity contribution in [1.82, 2.24) is 0 Å². The van der Waals surface area contributed by atoms with E-state index in [9.17, 15) is 15.2 Å². The normalized spacial score (nSPS) is 12.0. The molecule has 0 spiro atoms. The lowest BCUT2D eigenvalue weighted by Gasteiger charge is -2.14. The summed E-state index contributed by atoms with van der Waals surface area (Å²) in [5, 5.41) is 21.0. The molecule has 2 aromatic rings. The Hall–Kier alpha value is -1.92. The fourth-order valence-corrected chi connectivity index (χ4v) is 2.35. The summed E-state index contributed by atoms with van der Waals surface area (Å²) in [6, 6.07) is 10.1. The van der Waals surface area contributed by atoms with Crippen LogP contribution in [0, 0.1) is 17.0 Å². The number of hydrogen-bond acceptors (Lipinski definition) is 4. The van der Waals surface area contributed by atoms with Gasteiger partial charge in [-0.2, -0.15) is 0 Å². The third kappa shape index (κ3) is 3.40. The van der Waals surface area contributed by atoms with Crippen molar-refractivity contribution < 1.29 is 14.8 Å². The molecule has 0 aromatic heterocycles. The molecule has 0 saturated heterocycles. The minimum atomic E-state index is -0.739. The van der Waals surface area contributed by atoms with Crippen LogP contribution >= 0.6 is 15.9 Å². The molecule has 0 aliphatic heterocycles. The number of para-hydroxylation sites is 1. The summed E-state index contributed by atoms with van der Waals surface area (Å²) in [6.07, 6.45) is -0.739. The SMILES string of the molecule is Cc1cccc(Oc2cc(Br)ccc2C(C)O)c1[N+](=O)[O-]. The summed E-state index contributed by atoms with van der Waals surface area (Å²) < 4.78 is 6.45. The molecule has 0 amide bonds. The minimum absolute atomic E-state index is 0.0750. The van der Waals surface area contributed by atoms with E-state index < -0.39 is 11.0 Å². The van der Waals surface area contributed by atoms with Crippen LogP contribution < -0.4 is 4.74 Å². The topological polar surface area (TPSA) is 72.6 Å². The van der Waals surface area contributed by atoms with Crippen molar-refractivity contribution in [3.8, 4) is 11.5 Å². The van der Waals surface area contributed by atoms with Crippen LogP contribution in [0.3, 0.4) is 0 Å². The molecule has 0 saturated carbocycles. The zero-order valence-corrected chi connectivity index (χ0v) is 13.1. The van der Waals surface area contributed by atoms with Gasteiger partial charge in [0.2, 0.25) is 5.75 Å². The van der Waals surface area contributed by atoms with Crippen molar-refractivity contribution in [2.24, 2.45) is 0 Å². The number of nitrogens with zero attached hydrogens (tertiary/aromatic N) is 1. The van der Waals surface area contributed by atoms with Gasteiger partial charge in [0.15, 0.2) is 0 Å². The quantitative estimate of drug-likeness (QED) is 0.649. The molecule has 6 heteroatoms. The lowest BCUT2D eigenvalue weighted by atomic mass is 10.1. The number of nitro groups is 1. The molecular weight excluding hydrogens is 338 g/mol. The number of aliphatic hydroxyl groups is 1. The molecule has 1 atom stereocenters. The Balaban J connectivity index is 2.50. The molecule has 0 heterocycles. The van der Waals surface area contributed by atoms with Gasteiger partial charge in [0.05, 0.1) is 11.0 Å². The first-order valence-electron chi connectivity index (χ1n) is 6.29. The molecule has 0 aliphatic carbocycles. The Bertz CT molecular complexity index is 685. The van der Waals surface area contributed by atoms with E-state index in [1.165, 1.54) is 6.07 Å². The van der Waals surface area contributed by atoms with E-state index in [1.807, 2.05) is 0 Å². The monoisotopic (exact) mass is 351 g/mol. The molecule has 2 aromatic carbocycles. The van der Waals surface area contributed by atoms with Gasteiger partial charge in [0.1, 0.15) is 5.75 Å². The van der Waals surface area contributed by atoms with Gasteiger partial charge < -0.3 is 9.84 Å². The van der Waals surface area contributed by atoms with Gasteiger partial charge in [-0.15, -0.1) is 0 Å². The number of nitro benzene ring substituents is 1. The minimum Gasteiger partial charge on any atom is -0.450 e. The number of ether oxygens (including phenoxy) is 1. The number of halogens is 1. The molecule has 110 valence electrons. The van der Waals surface area contributed by atoms with Crippen LogP contribution in [0.1, 0.15) is 24.2 Å². The fourth-order valence-electron chi connectivity index (χ4n) is 2.01. The molecular formula is C15H14BrNO4. The lowest BCUT2D eigenvalue weighted by molar-refractivity contribution is -0.386. The van der Waals surface area contributed by atoms with Gasteiger partial charge in [-0.05, 0) is 32.0 Å². The summed E-state index contributed by atoms with van der Waals surface area (Å²) in [6.45, 7) is 3.27. The highest BCUT2D eigenvalue weighted by atomic mass is 79.9. The van der Waals surface area contributed by atoms with Gasteiger partial charge in [-0.25, -0.2) is 0 Å². The fraction of sp³-hybridized carbons (Fsp3) is 0.200. The molecule has 0 bridgehead atoms. The van der Waals surface area contributed by atoms with E-state index in [0.717, 1.165) is 4.47 Å². The third-order valence-corrected chi connectivity index (χ3v) is 3.52. The summed E-state index contributed by atoms with van der Waals surface area (Å²) in [5.74, 6) is 0.535. The van der Waals surface area contributed by atoms with E-state index in [0.29, 0.717) is 16.9 Å². The van der Waals surface area contributed by atoms with E-state index in [4.69, 9.17) is 4.74 Å². The first-order valence-corrected chi connectivity index (χ1v) is 7.09. The van der Waals surface area contributed by atoms with Crippen LogP contribution in [-0.2, 0) is 0 Å². The van der Waals surface area contributed by atoms with E-state index >= 15 is 0 Å². The maximum Gasteiger partial charge on any atom is 0.314 e. The number of rotatable bonds is 4. The molecule has 1 N–H and O–H groups in total. The highest BCUT2D eigenvalue weighted by Gasteiger charge is 2.20. The van der Waals surface area contributed by atoms with Crippen molar-refractivity contribution in [3.63, 3.8) is 0 Å². The Morgan fingerprint density at radius 1 is 1.29 bits per heavy atom. The molecule has 0 radical (unpaired) electrons. The van der Waals surface area contributed by atoms with Crippen molar-refractivity contribution in [2.75, 3.05) is 0 Å². The van der Waals surface area contributed by atoms with E-state index in [1.54, 1.807) is 44.2 Å². The average Bonchev–Trinajstić information content (AvgIpc) is 2.37. The van der Waals surface area contributed by atoms with E-state index in [-0.39, 0.29) is 11.4 Å². The Morgan fingerprint density at radius 2 is 2.00 bits per heavy atom. The zero-order chi connectivity index (χ0) is 15.6. The maximum absolute atomic E-state index is 11.2. The van der Waals surface area contributed by atoms with Crippen LogP contribution in [0.15, 0.2) is 40.9 Å². The van der Waals surface area contributed by atoms with Crippen molar-refractivity contribution in [2.45, 2.75) is 20.0 Å². The second-order valence-corrected chi connectivity index (χ2v) is 5.55. The molecule has 0 aliphatic rings. The molecule has 1 unspecified atom stereocenters. The van der Waals surface area contributed by atoms with Crippen LogP contribution in [0.5, 0.6) is 11.5 Å². The van der Waals surface area contributed by atoms with Crippen molar-refractivity contribution >= 4 is 21.6 Å². The average molecular weight is 352 g/mol. The van der Waals surface area contributed by atoms with Crippen molar-refractivity contribution in [3.05, 3.63) is 62.1 Å². The number of benzene rings is 2. The molecule has 5 nitrogen and oxygen atoms in total. The summed E-state index contributed by atoms with van der Waals surface area (Å²) in [7, 11) is 0. The standard InChI is InChI=1S/C15H14BrNO4/c1-9-4-3-5-13(15(9)17(19)20)21-14-8-11(16)6-7-12(14)10(2)18/h3-8,10,18H,1-2H3. The zero-order valence-electron chi connectivity index (χ0n) is 11.5. The second-order valence-electron chi connectivity index (χ2n) is 4.64. The summed E-state index contributed by atoms with van der Waals surface area (Å²) in [4.78, 5) is 10.7. The number of aliphatic hydroxyl groups excluding tert-OH is 1. The van der Waals surface area contributed by atoms with E-state index in [2.05, 4.69) is 15.9 Å². The summed E-state index contributed by atoms with van der Waals surface area (Å²) >= 11 is 3.33. The Kier molecular flexibility index (Phi) is 4.59. The number of aryl methyl sites for hydroxylation is 1. The third-order valence-electron chi connectivity index (χ3n) is 3.03. The smallest absolute Gasteiger partial charge is 0.314 e. The van der Waals surface area contributed by atoms with Gasteiger partial charge in [-0.1, -0.05) is 34.1 Å². The Labute approximate surface area is 130 Å². The van der Waals surface area contributed by atoms with Crippen molar-refractivity contribution in [1.29, 1.82) is 0 Å². The van der Waals surface area contributed by atoms with Gasteiger partial charge in [-0.3, -0.25) is 10.1 Å². The van der Waals surface area contributed by atoms with Crippen LogP contribution in [0.4, 0.5) is 5.69 Å². The van der Waals surface area contributed by atoms with Crippen LogP contribution in [0.25, 0.3) is 0 Å². The van der Waals surface area contributed by atoms with Gasteiger partial charge in [0, 0.05) is 15.6 Å². The second kappa shape index (κ2) is 6.24. The number of hydrogen-bond donors (Lipinski definition) is 1. The molecule has 21 heavy (non-hydrogen) atoms. The summed E-state index contributed by atoms with van der Waals surface area (Å²) in [5.41, 5.74) is 1.01. The Morgan fingerprint density at radius 3 is 2.62 bits per heavy atom. The van der Waals surface area contributed by atoms with Gasteiger partial charge >= 0.3 is 5.69 Å². The lowest BCUT2D eigenvalue weighted by Crippen LogP contribution is -1.99. The first kappa shape index (κ1) is 15.5. The van der Waals surface area contributed by atoms with Crippen LogP contribution in [0.2, 0.25) is 0 Å². The first-order chi connectivity index (χ1) is 9.90. The predicted molar refractivity (Wildman–Crippen MR) is 82.7 cm³/mol. The molecule has 0 fully saturated rings. The highest BCUT2D eigenvalue weighted by Crippen LogP contribution is 2.37. The molecule has 2 rings (SSSR count). The van der Waals surface area contributed by atoms with Crippen LogP contribution in [-0.4, -0.2) is 10.0 Å². The largest absolute Gasteiger partial charge is 0.450 e. The highest BCUT2D eigenvalue weighted by molar-refractivity contribution is 9.10. The predicted octanol–water partition coefficient (Wildman–Crippen LogP) is 4.51. The maximum atomic E-state index is 11.2. The van der Waals surface area contributed by atoms with Gasteiger partial charge in [0.25, 0.3) is 0 Å².